The molecule has 3 heterocycles. The smallest absolute Gasteiger partial charge is 0.310 e. The van der Waals surface area contributed by atoms with E-state index in [2.05, 4.69) is 47.4 Å². The maximum absolute atomic E-state index is 14.4. The Labute approximate surface area is 441 Å². The minimum Gasteiger partial charge on any atom is -0.502 e. The number of hydrogen-bond acceptors (Lipinski definition) is 17. The summed E-state index contributed by atoms with van der Waals surface area (Å²) in [4.78, 5) is 123. The third kappa shape index (κ3) is 18.0. The number of nitro benzene ring substituents is 1. The van der Waals surface area contributed by atoms with Gasteiger partial charge in [0.15, 0.2) is 5.75 Å². The molecule has 0 aliphatic carbocycles. The highest BCUT2D eigenvalue weighted by Crippen LogP contribution is 2.28. The molecule has 0 aromatic heterocycles. The molecular formula is C50H79N9O17. The normalized spacial score (nSPS) is 27.3. The number of nitrogens with two attached hydrogens (primary N) is 1. The van der Waals surface area contributed by atoms with Crippen LogP contribution in [0.4, 0.5) is 5.69 Å². The number of rotatable bonds is 21. The average molecular weight is 1080 g/mol. The fourth-order valence-electron chi connectivity index (χ4n) is 9.96. The molecule has 3 aliphatic heterocycles. The van der Waals surface area contributed by atoms with E-state index in [1.807, 2.05) is 0 Å². The number of primary amides is 1. The summed E-state index contributed by atoms with van der Waals surface area (Å²) < 4.78 is 0. The number of fused-ring (bicyclic) bond motifs is 2. The summed E-state index contributed by atoms with van der Waals surface area (Å²) in [5, 5.41) is 100. The van der Waals surface area contributed by atoms with Crippen LogP contribution < -0.4 is 32.3 Å². The van der Waals surface area contributed by atoms with Crippen molar-refractivity contribution in [1.82, 2.24) is 36.4 Å². The monoisotopic (exact) mass is 1080 g/mol. The molecule has 3 fully saturated rings. The topological polar surface area (TPSA) is 414 Å². The number of carbonyl (C=O) groups is 8. The summed E-state index contributed by atoms with van der Waals surface area (Å²) in [6.07, 6.45) is -4.95. The molecule has 8 amide bonds. The van der Waals surface area contributed by atoms with Crippen LogP contribution in [0, 0.1) is 22.0 Å². The molecule has 4 rings (SSSR count). The van der Waals surface area contributed by atoms with Crippen LogP contribution in [0.2, 0.25) is 0 Å². The number of β-amino-alcohol motifs (C(OH)–C–C–N with tert-alkyl or cyclic N) is 1. The van der Waals surface area contributed by atoms with Gasteiger partial charge in [0.2, 0.25) is 47.3 Å². The molecule has 426 valence electrons. The minimum absolute atomic E-state index is 0.0236. The standard InChI is InChI=1S/C50H79N9O17/c1-5-26(2)18-27(3)12-10-8-6-7-9-11-13-40(68)53-32-21-30(61)24-52-48(72)44-36(64)16-17-57(44)50(74)43(38(66)23-39(51)67)56-47(71)42(37(65)20-29-14-15-35(63)33(19-29)59(75)76)55-46(70)34-22-31(62)25-58(34)49(73)41(28(4)60)54-45(32)69/h14-15,19,26-28,30-32,34,36-38,41-44,60-66H,5-13,16-18,20-25H2,1-4H3,(H2,51,67)(H,52,72)(H,53,68)(H,54,69)(H,55,70)(H,56,71)/t26?,27?,28-,30-,31-,32-,34+,36+,37+,38+,41+,42+,43+,44+/m1/s1. The summed E-state index contributed by atoms with van der Waals surface area (Å²) in [5.74, 6) is -8.40. The van der Waals surface area contributed by atoms with Gasteiger partial charge in [-0.2, -0.15) is 0 Å². The van der Waals surface area contributed by atoms with Gasteiger partial charge in [0.05, 0.1) is 48.0 Å². The van der Waals surface area contributed by atoms with E-state index >= 15 is 0 Å². The number of amides is 8. The van der Waals surface area contributed by atoms with Crippen molar-refractivity contribution in [2.75, 3.05) is 19.6 Å². The number of unbranched alkanes of at least 4 members (excludes halogenated alkanes) is 5. The van der Waals surface area contributed by atoms with E-state index in [-0.39, 0.29) is 24.9 Å². The Bertz CT molecular complexity index is 2200. The number of nitrogens with zero attached hydrogens (tertiary/aromatic N) is 3. The summed E-state index contributed by atoms with van der Waals surface area (Å²) in [7, 11) is 0. The summed E-state index contributed by atoms with van der Waals surface area (Å²) >= 11 is 0. The van der Waals surface area contributed by atoms with Crippen molar-refractivity contribution in [3.63, 3.8) is 0 Å². The number of carbonyl (C=O) groups excluding carboxylic acids is 8. The third-order valence-corrected chi connectivity index (χ3v) is 14.4. The molecule has 0 radical (unpaired) electrons. The molecule has 0 spiro atoms. The van der Waals surface area contributed by atoms with Crippen LogP contribution in [0.5, 0.6) is 5.75 Å². The Morgan fingerprint density at radius 3 is 2.08 bits per heavy atom. The van der Waals surface area contributed by atoms with Crippen molar-refractivity contribution >= 4 is 52.9 Å². The van der Waals surface area contributed by atoms with Crippen molar-refractivity contribution in [3.05, 3.63) is 33.9 Å². The molecular weight excluding hydrogens is 999 g/mol. The van der Waals surface area contributed by atoms with Gasteiger partial charge in [-0.15, -0.1) is 0 Å². The SMILES string of the molecule is CCC(C)CC(C)CCCCCCCCC(=O)N[C@@H]1C[C@@H](O)CNC(=O)[C@@H]2[C@@H](O)CCN2C(=O)[C@H]([C@@H](O)CC(N)=O)NC(=O)[C@H]([C@@H](O)Cc2ccc(O)c([N+](=O)[O-])c2)NC(=O)[C@@H]2C[C@@H](O)CN2C(=O)[C@H]([C@@H](C)O)NC1=O. The van der Waals surface area contributed by atoms with Gasteiger partial charge in [-0.25, -0.2) is 0 Å². The van der Waals surface area contributed by atoms with Crippen LogP contribution in [0.25, 0.3) is 0 Å². The Balaban J connectivity index is 1.68. The van der Waals surface area contributed by atoms with Crippen molar-refractivity contribution in [3.8, 4) is 5.75 Å². The highest BCUT2D eigenvalue weighted by atomic mass is 16.6. The Morgan fingerprint density at radius 2 is 1.43 bits per heavy atom. The maximum Gasteiger partial charge on any atom is 0.310 e. The quantitative estimate of drug-likeness (QED) is 0.0352. The first-order valence-electron chi connectivity index (χ1n) is 26.2. The van der Waals surface area contributed by atoms with E-state index < -0.39 is 175 Å². The molecule has 1 aromatic rings. The minimum atomic E-state index is -2.21. The molecule has 14 N–H and O–H groups in total. The predicted octanol–water partition coefficient (Wildman–Crippen LogP) is -2.24. The number of nitrogens with one attached hydrogen (secondary N) is 5. The molecule has 14 atom stereocenters. The van der Waals surface area contributed by atoms with Gasteiger partial charge in [0.1, 0.15) is 36.3 Å². The van der Waals surface area contributed by atoms with E-state index in [1.54, 1.807) is 0 Å². The number of phenols is 1. The lowest BCUT2D eigenvalue weighted by atomic mass is 9.91. The first-order valence-corrected chi connectivity index (χ1v) is 26.2. The average Bonchev–Trinajstić information content (AvgIpc) is 3.95. The van der Waals surface area contributed by atoms with E-state index in [0.717, 1.165) is 73.4 Å². The number of phenolic OH excluding ortho intramolecular Hbond substituents is 1. The molecule has 26 nitrogen and oxygen atoms in total. The second-order valence-corrected chi connectivity index (χ2v) is 20.8. The first kappa shape index (κ1) is 62.5. The molecule has 1 aromatic carbocycles. The van der Waals surface area contributed by atoms with Gasteiger partial charge in [-0.05, 0) is 49.7 Å². The van der Waals surface area contributed by atoms with E-state index in [4.69, 9.17) is 5.73 Å². The molecule has 2 unspecified atom stereocenters. The summed E-state index contributed by atoms with van der Waals surface area (Å²) in [6, 6.07) is -8.40. The lowest BCUT2D eigenvalue weighted by molar-refractivity contribution is -0.385. The number of hydrogen-bond donors (Lipinski definition) is 13. The van der Waals surface area contributed by atoms with Gasteiger partial charge in [-0.1, -0.05) is 71.8 Å². The molecule has 0 bridgehead atoms. The number of benzene rings is 1. The fraction of sp³-hybridized carbons (Fsp3) is 0.720. The van der Waals surface area contributed by atoms with Gasteiger partial charge in [0, 0.05) is 51.4 Å². The Kier molecular flexibility index (Phi) is 24.2. The van der Waals surface area contributed by atoms with Crippen molar-refractivity contribution in [2.45, 2.75) is 197 Å². The zero-order valence-corrected chi connectivity index (χ0v) is 43.7. The number of aliphatic hydroxyl groups is 6. The van der Waals surface area contributed by atoms with Crippen LogP contribution in [0.1, 0.15) is 123 Å². The first-order chi connectivity index (χ1) is 35.8. The van der Waals surface area contributed by atoms with Crippen molar-refractivity contribution in [1.29, 1.82) is 0 Å². The zero-order chi connectivity index (χ0) is 56.6. The van der Waals surface area contributed by atoms with Crippen LogP contribution in [0.3, 0.4) is 0 Å². The van der Waals surface area contributed by atoms with Crippen LogP contribution in [0.15, 0.2) is 18.2 Å². The van der Waals surface area contributed by atoms with E-state index in [0.29, 0.717) is 24.7 Å². The van der Waals surface area contributed by atoms with Gasteiger partial charge in [-0.3, -0.25) is 48.5 Å². The molecule has 3 aliphatic rings. The summed E-state index contributed by atoms with van der Waals surface area (Å²) in [5.41, 5.74) is 4.48. The van der Waals surface area contributed by atoms with E-state index in [9.17, 15) is 84.2 Å². The highest BCUT2D eigenvalue weighted by molar-refractivity contribution is 5.98. The second kappa shape index (κ2) is 29.5. The van der Waals surface area contributed by atoms with Crippen molar-refractivity contribution in [2.24, 2.45) is 17.6 Å². The third-order valence-electron chi connectivity index (χ3n) is 14.4. The van der Waals surface area contributed by atoms with Crippen LogP contribution in [-0.2, 0) is 44.8 Å². The number of aliphatic hydroxyl groups excluding tert-OH is 6. The zero-order valence-electron chi connectivity index (χ0n) is 43.7. The fourth-order valence-corrected chi connectivity index (χ4v) is 9.96. The number of nitro groups is 1. The van der Waals surface area contributed by atoms with Gasteiger partial charge >= 0.3 is 5.69 Å². The lowest BCUT2D eigenvalue weighted by Gasteiger charge is -2.33. The molecule has 3 saturated heterocycles. The summed E-state index contributed by atoms with van der Waals surface area (Å²) in [6.45, 7) is 6.26. The highest BCUT2D eigenvalue weighted by Gasteiger charge is 2.48. The second-order valence-electron chi connectivity index (χ2n) is 20.8. The van der Waals surface area contributed by atoms with Crippen LogP contribution in [-0.4, -0.2) is 190 Å². The predicted molar refractivity (Wildman–Crippen MR) is 270 cm³/mol. The van der Waals surface area contributed by atoms with E-state index in [1.165, 1.54) is 6.42 Å². The van der Waals surface area contributed by atoms with Crippen molar-refractivity contribution < 1.29 is 79.0 Å². The van der Waals surface area contributed by atoms with Gasteiger partial charge in [0.25, 0.3) is 0 Å². The molecule has 0 saturated carbocycles. The number of aromatic hydroxyl groups is 1. The lowest BCUT2D eigenvalue weighted by Crippen LogP contribution is -2.64. The maximum atomic E-state index is 14.4. The molecule has 26 heteroatoms. The Morgan fingerprint density at radius 1 is 0.803 bits per heavy atom. The largest absolute Gasteiger partial charge is 0.502 e. The Hall–Kier alpha value is -6.06. The van der Waals surface area contributed by atoms with Gasteiger partial charge < -0.3 is 77.9 Å². The van der Waals surface area contributed by atoms with Crippen LogP contribution >= 0.6 is 0 Å². The molecule has 76 heavy (non-hydrogen) atoms.